The molecule has 2 N–H and O–H groups in total. The third-order valence-electron chi connectivity index (χ3n) is 3.60. The minimum Gasteiger partial charge on any atom is -0.395 e. The number of hydrogen-bond donors (Lipinski definition) is 2. The predicted octanol–water partition coefficient (Wildman–Crippen LogP) is 1.09. The van der Waals surface area contributed by atoms with Crippen molar-refractivity contribution in [2.45, 2.75) is 43.9 Å². The van der Waals surface area contributed by atoms with Crippen LogP contribution in [0.5, 0.6) is 0 Å². The Morgan fingerprint density at radius 3 is 3.00 bits per heavy atom. The summed E-state index contributed by atoms with van der Waals surface area (Å²) in [5.41, 5.74) is 0. The zero-order valence-electron chi connectivity index (χ0n) is 11.5. The average molecular weight is 274 g/mol. The molecule has 0 aromatic rings. The molecule has 5 heteroatoms. The highest BCUT2D eigenvalue weighted by molar-refractivity contribution is 7.99. The Balaban J connectivity index is 2.03. The largest absolute Gasteiger partial charge is 0.395 e. The molecule has 4 nitrogen and oxygen atoms in total. The highest BCUT2D eigenvalue weighted by Crippen LogP contribution is 2.16. The maximum absolute atomic E-state index is 11.5. The van der Waals surface area contributed by atoms with Crippen LogP contribution in [0, 0.1) is 0 Å². The van der Waals surface area contributed by atoms with Gasteiger partial charge in [-0.05, 0) is 52.0 Å². The second-order valence-electron chi connectivity index (χ2n) is 4.89. The Bertz CT molecular complexity index is 251. The number of aliphatic hydroxyl groups excluding tert-OH is 1. The van der Waals surface area contributed by atoms with Crippen molar-refractivity contribution in [3.8, 4) is 0 Å². The van der Waals surface area contributed by atoms with Crippen LogP contribution in [0.1, 0.15) is 32.6 Å². The van der Waals surface area contributed by atoms with Crippen LogP contribution >= 0.6 is 11.8 Å². The Morgan fingerprint density at radius 1 is 1.56 bits per heavy atom. The average Bonchev–Trinajstić information content (AvgIpc) is 2.84. The lowest BCUT2D eigenvalue weighted by molar-refractivity contribution is -0.120. The second-order valence-corrected chi connectivity index (χ2v) is 6.07. The van der Waals surface area contributed by atoms with E-state index in [1.54, 1.807) is 11.8 Å². The minimum absolute atomic E-state index is 0.0438. The van der Waals surface area contributed by atoms with Crippen molar-refractivity contribution in [2.24, 2.45) is 0 Å². The van der Waals surface area contributed by atoms with Crippen LogP contribution in [0.25, 0.3) is 0 Å². The Morgan fingerprint density at radius 2 is 2.33 bits per heavy atom. The summed E-state index contributed by atoms with van der Waals surface area (Å²) in [4.78, 5) is 13.9. The van der Waals surface area contributed by atoms with E-state index in [2.05, 4.69) is 10.2 Å². The number of thioether (sulfide) groups is 1. The van der Waals surface area contributed by atoms with Gasteiger partial charge < -0.3 is 10.4 Å². The molecule has 1 aliphatic rings. The first-order chi connectivity index (χ1) is 8.69. The van der Waals surface area contributed by atoms with Crippen molar-refractivity contribution in [1.29, 1.82) is 0 Å². The summed E-state index contributed by atoms with van der Waals surface area (Å²) in [5, 5.41) is 12.2. The lowest BCUT2D eigenvalue weighted by Gasteiger charge is -2.22. The highest BCUT2D eigenvalue weighted by atomic mass is 32.2. The van der Waals surface area contributed by atoms with Crippen molar-refractivity contribution >= 4 is 17.7 Å². The number of carbonyl (C=O) groups excluding carboxylic acids is 1. The van der Waals surface area contributed by atoms with Gasteiger partial charge in [0.1, 0.15) is 0 Å². The van der Waals surface area contributed by atoms with Gasteiger partial charge in [0.15, 0.2) is 0 Å². The summed E-state index contributed by atoms with van der Waals surface area (Å²) in [6.07, 6.45) is 6.38. The first kappa shape index (κ1) is 15.8. The van der Waals surface area contributed by atoms with Gasteiger partial charge in [-0.15, -0.1) is 0 Å². The highest BCUT2D eigenvalue weighted by Gasteiger charge is 2.22. The molecular weight excluding hydrogens is 248 g/mol. The summed E-state index contributed by atoms with van der Waals surface area (Å²) >= 11 is 1.57. The van der Waals surface area contributed by atoms with Gasteiger partial charge in [-0.2, -0.15) is 11.8 Å². The van der Waals surface area contributed by atoms with Crippen LogP contribution in [0.4, 0.5) is 0 Å². The number of amides is 1. The third-order valence-corrected chi connectivity index (χ3v) is 4.53. The maximum atomic E-state index is 11.5. The number of carbonyl (C=O) groups is 1. The number of nitrogens with one attached hydrogen (secondary N) is 1. The molecule has 1 rings (SSSR count). The lowest BCUT2D eigenvalue weighted by atomic mass is 10.2. The molecule has 1 amide bonds. The van der Waals surface area contributed by atoms with E-state index in [0.717, 1.165) is 38.9 Å². The summed E-state index contributed by atoms with van der Waals surface area (Å²) in [7, 11) is 0. The molecule has 0 radical (unpaired) electrons. The Labute approximate surface area is 115 Å². The van der Waals surface area contributed by atoms with Gasteiger partial charge in [-0.1, -0.05) is 0 Å². The molecular formula is C13H26N2O2S. The van der Waals surface area contributed by atoms with E-state index in [1.165, 1.54) is 6.42 Å². The topological polar surface area (TPSA) is 52.6 Å². The van der Waals surface area contributed by atoms with Gasteiger partial charge in [-0.3, -0.25) is 9.69 Å². The molecule has 0 aliphatic carbocycles. The first-order valence-corrected chi connectivity index (χ1v) is 8.13. The van der Waals surface area contributed by atoms with Crippen molar-refractivity contribution in [3.63, 3.8) is 0 Å². The fraction of sp³-hybridized carbons (Fsp3) is 0.923. The molecule has 0 bridgehead atoms. The molecule has 106 valence electrons. The summed E-state index contributed by atoms with van der Waals surface area (Å²) in [6, 6.07) is 0.371. The molecule has 0 aromatic heterocycles. The zero-order valence-corrected chi connectivity index (χ0v) is 12.3. The number of aliphatic hydroxyl groups is 1. The molecule has 0 spiro atoms. The van der Waals surface area contributed by atoms with Crippen LogP contribution in [0.2, 0.25) is 0 Å². The monoisotopic (exact) mass is 274 g/mol. The first-order valence-electron chi connectivity index (χ1n) is 6.84. The zero-order chi connectivity index (χ0) is 13.4. The van der Waals surface area contributed by atoms with E-state index in [1.807, 2.05) is 13.2 Å². The van der Waals surface area contributed by atoms with Crippen LogP contribution in [0.3, 0.4) is 0 Å². The molecule has 1 fully saturated rings. The van der Waals surface area contributed by atoms with Gasteiger partial charge in [0, 0.05) is 12.6 Å². The summed E-state index contributed by atoms with van der Waals surface area (Å²) in [5.74, 6) is 0.136. The molecule has 1 aliphatic heterocycles. The predicted molar refractivity (Wildman–Crippen MR) is 76.9 cm³/mol. The van der Waals surface area contributed by atoms with Gasteiger partial charge in [0.25, 0.3) is 0 Å². The van der Waals surface area contributed by atoms with Crippen LogP contribution in [-0.4, -0.2) is 59.7 Å². The minimum atomic E-state index is 0.0438. The number of hydrogen-bond acceptors (Lipinski definition) is 4. The van der Waals surface area contributed by atoms with Gasteiger partial charge in [0.05, 0.1) is 11.9 Å². The van der Waals surface area contributed by atoms with Crippen LogP contribution < -0.4 is 5.32 Å². The van der Waals surface area contributed by atoms with E-state index < -0.39 is 0 Å². The van der Waals surface area contributed by atoms with Gasteiger partial charge in [-0.25, -0.2) is 0 Å². The van der Waals surface area contributed by atoms with Gasteiger partial charge in [0.2, 0.25) is 5.91 Å². The van der Waals surface area contributed by atoms with E-state index in [9.17, 15) is 9.90 Å². The molecule has 0 aromatic carbocycles. The quantitative estimate of drug-likeness (QED) is 0.651. The molecule has 18 heavy (non-hydrogen) atoms. The van der Waals surface area contributed by atoms with Gasteiger partial charge >= 0.3 is 0 Å². The van der Waals surface area contributed by atoms with E-state index >= 15 is 0 Å². The molecule has 2 unspecified atom stereocenters. The lowest BCUT2D eigenvalue weighted by Crippen LogP contribution is -2.34. The molecule has 2 atom stereocenters. The molecule has 1 heterocycles. The Hall–Kier alpha value is -0.260. The van der Waals surface area contributed by atoms with Crippen molar-refractivity contribution in [1.82, 2.24) is 10.2 Å². The summed E-state index contributed by atoms with van der Waals surface area (Å²) < 4.78 is 0. The number of likely N-dealkylation sites (tertiary alicyclic amines) is 1. The van der Waals surface area contributed by atoms with E-state index in [-0.39, 0.29) is 17.8 Å². The fourth-order valence-corrected chi connectivity index (χ4v) is 2.60. The second kappa shape index (κ2) is 8.77. The maximum Gasteiger partial charge on any atom is 0.232 e. The third kappa shape index (κ3) is 5.16. The Kier molecular flexibility index (Phi) is 7.70. The van der Waals surface area contributed by atoms with Crippen LogP contribution in [-0.2, 0) is 4.79 Å². The van der Waals surface area contributed by atoms with E-state index in [4.69, 9.17) is 0 Å². The molecule has 0 saturated carbocycles. The van der Waals surface area contributed by atoms with Crippen molar-refractivity contribution in [2.75, 3.05) is 32.5 Å². The number of rotatable bonds is 8. The SMILES string of the molecule is CSC(C)C(=O)NCCCCN1CCCC1CO. The number of nitrogens with zero attached hydrogens (tertiary/aromatic N) is 1. The fourth-order valence-electron chi connectivity index (χ4n) is 2.30. The van der Waals surface area contributed by atoms with E-state index in [0.29, 0.717) is 6.04 Å². The smallest absolute Gasteiger partial charge is 0.232 e. The van der Waals surface area contributed by atoms with Crippen molar-refractivity contribution < 1.29 is 9.90 Å². The standard InChI is InChI=1S/C13H26N2O2S/c1-11(18-2)13(17)14-7-3-4-8-15-9-5-6-12(15)10-16/h11-12,16H,3-10H2,1-2H3,(H,14,17). The van der Waals surface area contributed by atoms with Crippen LogP contribution in [0.15, 0.2) is 0 Å². The molecule has 1 saturated heterocycles. The summed E-state index contributed by atoms with van der Waals surface area (Å²) in [6.45, 7) is 5.12. The van der Waals surface area contributed by atoms with Crippen molar-refractivity contribution in [3.05, 3.63) is 0 Å². The number of unbranched alkanes of at least 4 members (excludes halogenated alkanes) is 1. The normalized spacial score (nSPS) is 22.1.